The zero-order valence-electron chi connectivity index (χ0n) is 10.8. The van der Waals surface area contributed by atoms with Gasteiger partial charge in [-0.1, -0.05) is 32.8 Å². The molecule has 0 aromatic rings. The molecule has 1 saturated carbocycles. The first kappa shape index (κ1) is 12.2. The van der Waals surface area contributed by atoms with Crippen molar-refractivity contribution < 1.29 is 5.11 Å². The number of allylic oxidation sites excluding steroid dienone is 1. The van der Waals surface area contributed by atoms with Crippen LogP contribution < -0.4 is 0 Å². The summed E-state index contributed by atoms with van der Waals surface area (Å²) in [5, 5.41) is 11.0. The van der Waals surface area contributed by atoms with Crippen molar-refractivity contribution in [3.63, 3.8) is 0 Å². The van der Waals surface area contributed by atoms with Crippen LogP contribution in [0.2, 0.25) is 0 Å². The molecule has 1 nitrogen and oxygen atoms in total. The van der Waals surface area contributed by atoms with Gasteiger partial charge in [-0.15, -0.1) is 0 Å². The predicted octanol–water partition coefficient (Wildman–Crippen LogP) is 4.06. The lowest BCUT2D eigenvalue weighted by atomic mass is 9.67. The maximum atomic E-state index is 11.0. The highest BCUT2D eigenvalue weighted by molar-refractivity contribution is 5.20. The molecule has 92 valence electrons. The molecule has 2 aliphatic rings. The first-order valence-electron chi connectivity index (χ1n) is 7.05. The highest BCUT2D eigenvalue weighted by Crippen LogP contribution is 2.43. The van der Waals surface area contributed by atoms with Crippen LogP contribution in [0.1, 0.15) is 65.2 Å². The monoisotopic (exact) mass is 222 g/mol. The van der Waals surface area contributed by atoms with Gasteiger partial charge in [0.15, 0.2) is 0 Å². The molecule has 0 spiro atoms. The molecular formula is C15H26O. The Balaban J connectivity index is 2.17. The fraction of sp³-hybridized carbons (Fsp3) is 0.867. The van der Waals surface area contributed by atoms with Crippen molar-refractivity contribution in [2.45, 2.75) is 70.8 Å². The average molecular weight is 222 g/mol. The van der Waals surface area contributed by atoms with Gasteiger partial charge >= 0.3 is 0 Å². The van der Waals surface area contributed by atoms with Crippen LogP contribution in [0.25, 0.3) is 0 Å². The van der Waals surface area contributed by atoms with Crippen LogP contribution in [-0.2, 0) is 0 Å². The third-order valence-electron chi connectivity index (χ3n) is 4.66. The molecular weight excluding hydrogens is 196 g/mol. The van der Waals surface area contributed by atoms with Gasteiger partial charge in [0, 0.05) is 0 Å². The summed E-state index contributed by atoms with van der Waals surface area (Å²) in [6, 6.07) is 0. The third-order valence-corrected chi connectivity index (χ3v) is 4.66. The number of rotatable bonds is 1. The second-order valence-corrected chi connectivity index (χ2v) is 6.04. The molecule has 2 rings (SSSR count). The molecule has 2 aliphatic carbocycles. The molecule has 3 unspecified atom stereocenters. The highest BCUT2D eigenvalue weighted by Gasteiger charge is 2.41. The molecule has 0 saturated heterocycles. The molecule has 3 atom stereocenters. The van der Waals surface area contributed by atoms with Crippen LogP contribution in [0.15, 0.2) is 11.6 Å². The van der Waals surface area contributed by atoms with E-state index in [1.54, 1.807) is 0 Å². The Morgan fingerprint density at radius 1 is 1.19 bits per heavy atom. The third kappa shape index (κ3) is 2.34. The molecule has 0 amide bonds. The standard InChI is InChI=1S/C15H26O/c1-12-9-10-13(2)15(16,11-12)14-7-5-3-4-6-8-14/h7,12-13,16H,3-6,8-11H2,1-2H3. The van der Waals surface area contributed by atoms with Gasteiger partial charge in [-0.25, -0.2) is 0 Å². The van der Waals surface area contributed by atoms with E-state index < -0.39 is 5.60 Å². The maximum absolute atomic E-state index is 11.0. The fourth-order valence-corrected chi connectivity index (χ4v) is 3.46. The summed E-state index contributed by atoms with van der Waals surface area (Å²) in [4.78, 5) is 0. The van der Waals surface area contributed by atoms with Crippen molar-refractivity contribution in [2.24, 2.45) is 11.8 Å². The molecule has 0 aromatic carbocycles. The Labute approximate surface area is 99.9 Å². The van der Waals surface area contributed by atoms with Crippen molar-refractivity contribution in [3.8, 4) is 0 Å². The number of hydrogen-bond acceptors (Lipinski definition) is 1. The maximum Gasteiger partial charge on any atom is 0.0884 e. The van der Waals surface area contributed by atoms with Gasteiger partial charge in [-0.2, -0.15) is 0 Å². The Morgan fingerprint density at radius 2 is 2.00 bits per heavy atom. The minimum atomic E-state index is -0.470. The molecule has 1 heteroatoms. The van der Waals surface area contributed by atoms with E-state index in [9.17, 15) is 5.11 Å². The second-order valence-electron chi connectivity index (χ2n) is 6.04. The second kappa shape index (κ2) is 4.91. The lowest BCUT2D eigenvalue weighted by molar-refractivity contribution is -0.0273. The minimum Gasteiger partial charge on any atom is -0.385 e. The normalized spacial score (nSPS) is 41.3. The smallest absolute Gasteiger partial charge is 0.0884 e. The Hall–Kier alpha value is -0.300. The molecule has 1 fully saturated rings. The van der Waals surface area contributed by atoms with E-state index in [1.165, 1.54) is 44.1 Å². The van der Waals surface area contributed by atoms with E-state index in [4.69, 9.17) is 0 Å². The molecule has 0 heterocycles. The van der Waals surface area contributed by atoms with Crippen molar-refractivity contribution in [3.05, 3.63) is 11.6 Å². The quantitative estimate of drug-likeness (QED) is 0.663. The lowest BCUT2D eigenvalue weighted by Gasteiger charge is -2.43. The Kier molecular flexibility index (Phi) is 3.73. The SMILES string of the molecule is CC1CCC(C)C(O)(C2=CCCCCC2)C1. The van der Waals surface area contributed by atoms with Gasteiger partial charge < -0.3 is 5.11 Å². The molecule has 0 aliphatic heterocycles. The van der Waals surface area contributed by atoms with E-state index in [2.05, 4.69) is 19.9 Å². The highest BCUT2D eigenvalue weighted by atomic mass is 16.3. The van der Waals surface area contributed by atoms with Crippen LogP contribution in [0.3, 0.4) is 0 Å². The number of aliphatic hydroxyl groups is 1. The summed E-state index contributed by atoms with van der Waals surface area (Å²) in [5.74, 6) is 1.14. The summed E-state index contributed by atoms with van der Waals surface area (Å²) in [6.07, 6.45) is 12.0. The van der Waals surface area contributed by atoms with Gasteiger partial charge in [0.25, 0.3) is 0 Å². The van der Waals surface area contributed by atoms with Crippen molar-refractivity contribution >= 4 is 0 Å². The summed E-state index contributed by atoms with van der Waals surface area (Å²) < 4.78 is 0. The fourth-order valence-electron chi connectivity index (χ4n) is 3.46. The lowest BCUT2D eigenvalue weighted by Crippen LogP contribution is -2.43. The first-order valence-corrected chi connectivity index (χ1v) is 7.05. The summed E-state index contributed by atoms with van der Waals surface area (Å²) in [6.45, 7) is 4.52. The zero-order chi connectivity index (χ0) is 11.6. The molecule has 0 radical (unpaired) electrons. The van der Waals surface area contributed by atoms with Crippen molar-refractivity contribution in [1.82, 2.24) is 0 Å². The van der Waals surface area contributed by atoms with Crippen LogP contribution >= 0.6 is 0 Å². The van der Waals surface area contributed by atoms with E-state index in [0.29, 0.717) is 11.8 Å². The Bertz CT molecular complexity index is 269. The topological polar surface area (TPSA) is 20.2 Å². The zero-order valence-corrected chi connectivity index (χ0v) is 10.8. The molecule has 0 bridgehead atoms. The van der Waals surface area contributed by atoms with Crippen LogP contribution in [0.5, 0.6) is 0 Å². The predicted molar refractivity (Wildman–Crippen MR) is 68.3 cm³/mol. The largest absolute Gasteiger partial charge is 0.385 e. The van der Waals surface area contributed by atoms with Gasteiger partial charge in [0.1, 0.15) is 0 Å². The van der Waals surface area contributed by atoms with Crippen molar-refractivity contribution in [1.29, 1.82) is 0 Å². The summed E-state index contributed by atoms with van der Waals surface area (Å²) >= 11 is 0. The molecule has 16 heavy (non-hydrogen) atoms. The average Bonchev–Trinajstić information content (AvgIpc) is 2.52. The van der Waals surface area contributed by atoms with E-state index >= 15 is 0 Å². The van der Waals surface area contributed by atoms with E-state index in [1.807, 2.05) is 0 Å². The van der Waals surface area contributed by atoms with Crippen molar-refractivity contribution in [2.75, 3.05) is 0 Å². The minimum absolute atomic E-state index is 0.452. The number of hydrogen-bond donors (Lipinski definition) is 1. The van der Waals surface area contributed by atoms with Crippen LogP contribution in [-0.4, -0.2) is 10.7 Å². The van der Waals surface area contributed by atoms with Gasteiger partial charge in [-0.3, -0.25) is 0 Å². The van der Waals surface area contributed by atoms with Crippen LogP contribution in [0, 0.1) is 11.8 Å². The van der Waals surface area contributed by atoms with Gasteiger partial charge in [-0.05, 0) is 55.9 Å². The summed E-state index contributed by atoms with van der Waals surface area (Å²) in [7, 11) is 0. The summed E-state index contributed by atoms with van der Waals surface area (Å²) in [5.41, 5.74) is 0.895. The van der Waals surface area contributed by atoms with Gasteiger partial charge in [0.2, 0.25) is 0 Å². The van der Waals surface area contributed by atoms with E-state index in [0.717, 1.165) is 12.8 Å². The van der Waals surface area contributed by atoms with E-state index in [-0.39, 0.29) is 0 Å². The molecule has 1 N–H and O–H groups in total. The Morgan fingerprint density at radius 3 is 2.81 bits per heavy atom. The first-order chi connectivity index (χ1) is 7.63. The van der Waals surface area contributed by atoms with Gasteiger partial charge in [0.05, 0.1) is 5.60 Å². The molecule has 0 aromatic heterocycles. The van der Waals surface area contributed by atoms with Crippen LogP contribution in [0.4, 0.5) is 0 Å².